The normalized spacial score (nSPS) is 18.7. The summed E-state index contributed by atoms with van der Waals surface area (Å²) >= 11 is 0. The van der Waals surface area contributed by atoms with Gasteiger partial charge in [0, 0.05) is 18.2 Å². The van der Waals surface area contributed by atoms with Crippen molar-refractivity contribution in [2.45, 2.75) is 19.1 Å². The van der Waals surface area contributed by atoms with E-state index in [2.05, 4.69) is 10.2 Å². The number of carbonyl (C=O) groups is 1. The molecule has 31 heavy (non-hydrogen) atoms. The summed E-state index contributed by atoms with van der Waals surface area (Å²) in [5, 5.41) is 27.2. The number of halogens is 1. The van der Waals surface area contributed by atoms with Crippen molar-refractivity contribution in [1.82, 2.24) is 10.2 Å². The maximum atomic E-state index is 13.8. The highest BCUT2D eigenvalue weighted by Crippen LogP contribution is 2.36. The Kier molecular flexibility index (Phi) is 5.43. The first-order chi connectivity index (χ1) is 14.8. The minimum Gasteiger partial charge on any atom is -0.504 e. The average Bonchev–Trinajstić information content (AvgIpc) is 2.77. The number of carboxylic acids is 1. The number of para-hydroxylation sites is 1. The molecule has 0 spiro atoms. The predicted molar refractivity (Wildman–Crippen MR) is 112 cm³/mol. The molecular weight excluding hydrogens is 403 g/mol. The van der Waals surface area contributed by atoms with E-state index in [0.717, 1.165) is 11.6 Å². The number of phenols is 1. The van der Waals surface area contributed by atoms with Crippen molar-refractivity contribution in [2.75, 3.05) is 23.8 Å². The van der Waals surface area contributed by atoms with Gasteiger partial charge < -0.3 is 25.6 Å². The molecule has 4 rings (SSSR count). The minimum absolute atomic E-state index is 0.0324. The topological polar surface area (TPSA) is 122 Å². The Morgan fingerprint density at radius 3 is 2.68 bits per heavy atom. The van der Waals surface area contributed by atoms with Crippen LogP contribution in [0.25, 0.3) is 11.3 Å². The lowest BCUT2D eigenvalue weighted by atomic mass is 10.0. The molecule has 0 radical (unpaired) electrons. The van der Waals surface area contributed by atoms with Gasteiger partial charge in [-0.2, -0.15) is 0 Å². The van der Waals surface area contributed by atoms with Gasteiger partial charge >= 0.3 is 5.97 Å². The van der Waals surface area contributed by atoms with Crippen molar-refractivity contribution >= 4 is 17.5 Å². The zero-order valence-electron chi connectivity index (χ0n) is 16.7. The largest absolute Gasteiger partial charge is 0.504 e. The lowest BCUT2D eigenvalue weighted by molar-refractivity contribution is 0.0215. The summed E-state index contributed by atoms with van der Waals surface area (Å²) in [5.74, 6) is -2.04. The molecular formula is C22H21FN4O4. The van der Waals surface area contributed by atoms with Gasteiger partial charge in [-0.3, -0.25) is 0 Å². The number of carboxylic acid groups (broad SMARTS) is 1. The second-order valence-corrected chi connectivity index (χ2v) is 7.39. The predicted octanol–water partition coefficient (Wildman–Crippen LogP) is 3.24. The van der Waals surface area contributed by atoms with Gasteiger partial charge in [-0.15, -0.1) is 10.2 Å². The van der Waals surface area contributed by atoms with Crippen LogP contribution < -0.4 is 10.6 Å². The summed E-state index contributed by atoms with van der Waals surface area (Å²) in [7, 11) is 0. The highest BCUT2D eigenvalue weighted by atomic mass is 19.1. The van der Waals surface area contributed by atoms with Gasteiger partial charge in [-0.25, -0.2) is 9.18 Å². The molecule has 0 amide bonds. The molecule has 1 aromatic heterocycles. The average molecular weight is 424 g/mol. The molecule has 0 aliphatic carbocycles. The van der Waals surface area contributed by atoms with E-state index in [1.165, 1.54) is 18.2 Å². The number of anilines is 2. The van der Waals surface area contributed by atoms with E-state index in [-0.39, 0.29) is 29.1 Å². The van der Waals surface area contributed by atoms with Crippen LogP contribution in [0, 0.1) is 5.82 Å². The van der Waals surface area contributed by atoms with Crippen LogP contribution in [0.4, 0.5) is 15.9 Å². The standard InChI is InChI=1S/C22H21FN4O4/c1-12-11-31-19(13-5-7-14(8-6-13)22(29)30)10-27(12)18-9-17(25-26-21(18)24)15-3-2-4-16(23)20(15)28/h2-9,12,19,28H,10-11H2,1H3,(H2,24,26)(H,29,30)/t12-,19+/m1/s1. The maximum Gasteiger partial charge on any atom is 0.335 e. The zero-order chi connectivity index (χ0) is 22.1. The van der Waals surface area contributed by atoms with E-state index in [4.69, 9.17) is 15.6 Å². The summed E-state index contributed by atoms with van der Waals surface area (Å²) < 4.78 is 19.8. The van der Waals surface area contributed by atoms with E-state index in [0.29, 0.717) is 24.5 Å². The first kappa shape index (κ1) is 20.5. The molecule has 0 saturated carbocycles. The van der Waals surface area contributed by atoms with Crippen LogP contribution in [-0.4, -0.2) is 45.6 Å². The molecule has 2 atom stereocenters. The third-order valence-electron chi connectivity index (χ3n) is 5.34. The molecule has 9 heteroatoms. The van der Waals surface area contributed by atoms with Crippen LogP contribution in [0.5, 0.6) is 5.75 Å². The second kappa shape index (κ2) is 8.19. The number of ether oxygens (including phenoxy) is 1. The molecule has 0 bridgehead atoms. The van der Waals surface area contributed by atoms with E-state index in [1.807, 2.05) is 11.8 Å². The smallest absolute Gasteiger partial charge is 0.335 e. The lowest BCUT2D eigenvalue weighted by Crippen LogP contribution is -2.45. The van der Waals surface area contributed by atoms with Crippen LogP contribution in [0.2, 0.25) is 0 Å². The molecule has 1 aliphatic rings. The zero-order valence-corrected chi connectivity index (χ0v) is 16.7. The first-order valence-electron chi connectivity index (χ1n) is 9.67. The number of nitrogens with two attached hydrogens (primary N) is 1. The highest BCUT2D eigenvalue weighted by molar-refractivity contribution is 5.87. The number of nitrogen functional groups attached to an aromatic ring is 1. The molecule has 8 nitrogen and oxygen atoms in total. The Bertz CT molecular complexity index is 1120. The molecule has 1 aliphatic heterocycles. The Morgan fingerprint density at radius 2 is 1.97 bits per heavy atom. The second-order valence-electron chi connectivity index (χ2n) is 7.39. The number of aromatic nitrogens is 2. The number of aromatic hydroxyl groups is 1. The number of morpholine rings is 1. The van der Waals surface area contributed by atoms with Gasteiger partial charge in [0.15, 0.2) is 17.4 Å². The van der Waals surface area contributed by atoms with Gasteiger partial charge in [0.1, 0.15) is 6.10 Å². The summed E-state index contributed by atoms with van der Waals surface area (Å²) in [6, 6.07) is 12.4. The number of phenolic OH excluding ortho intramolecular Hbond substituents is 1. The summed E-state index contributed by atoms with van der Waals surface area (Å²) in [5.41, 5.74) is 8.25. The Labute approximate surface area is 177 Å². The molecule has 4 N–H and O–H groups in total. The van der Waals surface area contributed by atoms with Crippen LogP contribution in [0.15, 0.2) is 48.5 Å². The van der Waals surface area contributed by atoms with Gasteiger partial charge in [-0.05, 0) is 42.8 Å². The van der Waals surface area contributed by atoms with Crippen molar-refractivity contribution in [1.29, 1.82) is 0 Å². The van der Waals surface area contributed by atoms with E-state index >= 15 is 0 Å². The minimum atomic E-state index is -0.991. The molecule has 0 unspecified atom stereocenters. The fourth-order valence-electron chi connectivity index (χ4n) is 3.61. The van der Waals surface area contributed by atoms with E-state index in [1.54, 1.807) is 24.3 Å². The van der Waals surface area contributed by atoms with Crippen molar-refractivity contribution in [3.05, 3.63) is 65.5 Å². The molecule has 160 valence electrons. The fraction of sp³-hybridized carbons (Fsp3) is 0.227. The van der Waals surface area contributed by atoms with Crippen LogP contribution in [-0.2, 0) is 4.74 Å². The van der Waals surface area contributed by atoms with E-state index in [9.17, 15) is 14.3 Å². The third-order valence-corrected chi connectivity index (χ3v) is 5.34. The van der Waals surface area contributed by atoms with E-state index < -0.39 is 17.5 Å². The summed E-state index contributed by atoms with van der Waals surface area (Å²) in [6.45, 7) is 2.83. The van der Waals surface area contributed by atoms with Crippen LogP contribution in [0.3, 0.4) is 0 Å². The number of hydrogen-bond acceptors (Lipinski definition) is 7. The summed E-state index contributed by atoms with van der Waals surface area (Å²) in [4.78, 5) is 13.1. The van der Waals surface area contributed by atoms with Crippen molar-refractivity contribution in [3.63, 3.8) is 0 Å². The van der Waals surface area contributed by atoms with Gasteiger partial charge in [-0.1, -0.05) is 18.2 Å². The SMILES string of the molecule is C[C@@H]1CO[C@H](c2ccc(C(=O)O)cc2)CN1c1cc(-c2cccc(F)c2O)nnc1N. The summed E-state index contributed by atoms with van der Waals surface area (Å²) in [6.07, 6.45) is -0.308. The number of nitrogens with zero attached hydrogens (tertiary/aromatic N) is 3. The quantitative estimate of drug-likeness (QED) is 0.584. The lowest BCUT2D eigenvalue weighted by Gasteiger charge is -2.40. The molecule has 1 saturated heterocycles. The number of hydrogen-bond donors (Lipinski definition) is 3. The van der Waals surface area contributed by atoms with Gasteiger partial charge in [0.2, 0.25) is 0 Å². The monoisotopic (exact) mass is 424 g/mol. The molecule has 2 heterocycles. The van der Waals surface area contributed by atoms with Gasteiger partial charge in [0.05, 0.1) is 23.6 Å². The van der Waals surface area contributed by atoms with Crippen LogP contribution in [0.1, 0.15) is 28.9 Å². The van der Waals surface area contributed by atoms with Crippen LogP contribution >= 0.6 is 0 Å². The van der Waals surface area contributed by atoms with Crippen molar-refractivity contribution < 1.29 is 24.1 Å². The first-order valence-corrected chi connectivity index (χ1v) is 9.67. The maximum absolute atomic E-state index is 13.8. The molecule has 1 fully saturated rings. The Balaban J connectivity index is 1.66. The third kappa shape index (κ3) is 3.99. The fourth-order valence-corrected chi connectivity index (χ4v) is 3.61. The number of rotatable bonds is 4. The Morgan fingerprint density at radius 1 is 1.23 bits per heavy atom. The van der Waals surface area contributed by atoms with Gasteiger partial charge in [0.25, 0.3) is 0 Å². The molecule has 3 aromatic rings. The Hall–Kier alpha value is -3.72. The molecule has 2 aromatic carbocycles. The van der Waals surface area contributed by atoms with Crippen molar-refractivity contribution in [3.8, 4) is 17.0 Å². The number of benzene rings is 2. The highest BCUT2D eigenvalue weighted by Gasteiger charge is 2.29. The number of aromatic carboxylic acids is 1. The van der Waals surface area contributed by atoms with Crippen molar-refractivity contribution in [2.24, 2.45) is 0 Å².